The Morgan fingerprint density at radius 3 is 2.89 bits per heavy atom. The highest BCUT2D eigenvalue weighted by molar-refractivity contribution is 5.48. The molecule has 0 heterocycles. The molecule has 2 N–H and O–H groups in total. The van der Waals surface area contributed by atoms with Crippen LogP contribution in [0, 0.1) is 10.1 Å². The third-order valence-electron chi connectivity index (χ3n) is 2.95. The molecular formula is C13H18N2O4. The lowest BCUT2D eigenvalue weighted by Gasteiger charge is -2.09. The van der Waals surface area contributed by atoms with Gasteiger partial charge < -0.3 is 15.2 Å². The van der Waals surface area contributed by atoms with E-state index in [4.69, 9.17) is 9.84 Å². The van der Waals surface area contributed by atoms with Crippen molar-refractivity contribution in [2.75, 3.05) is 13.2 Å². The van der Waals surface area contributed by atoms with E-state index in [1.807, 2.05) is 0 Å². The lowest BCUT2D eigenvalue weighted by atomic mass is 10.2. The van der Waals surface area contributed by atoms with Crippen molar-refractivity contribution in [1.82, 2.24) is 5.32 Å². The van der Waals surface area contributed by atoms with Crippen molar-refractivity contribution in [1.29, 1.82) is 0 Å². The number of nitro benzene ring substituents is 1. The lowest BCUT2D eigenvalue weighted by Crippen LogP contribution is -2.15. The average molecular weight is 266 g/mol. The van der Waals surface area contributed by atoms with Crippen LogP contribution in [-0.2, 0) is 6.54 Å². The van der Waals surface area contributed by atoms with Gasteiger partial charge in [-0.25, -0.2) is 0 Å². The van der Waals surface area contributed by atoms with E-state index in [-0.39, 0.29) is 24.7 Å². The Bertz CT molecular complexity index is 446. The average Bonchev–Trinajstić information content (AvgIpc) is 3.20. The van der Waals surface area contributed by atoms with Gasteiger partial charge in [0.15, 0.2) is 5.75 Å². The summed E-state index contributed by atoms with van der Waals surface area (Å²) in [4.78, 5) is 10.5. The van der Waals surface area contributed by atoms with Gasteiger partial charge in [0.1, 0.15) is 0 Å². The SMILES string of the molecule is O=[N+]([O-])c1ccc(CNC2CC2)cc1OCCCO. The molecule has 1 fully saturated rings. The first kappa shape index (κ1) is 13.8. The minimum absolute atomic E-state index is 0.0106. The van der Waals surface area contributed by atoms with Gasteiger partial charge in [0.2, 0.25) is 0 Å². The van der Waals surface area contributed by atoms with Crippen molar-refractivity contribution in [3.63, 3.8) is 0 Å². The number of aliphatic hydroxyl groups excluding tert-OH is 1. The van der Waals surface area contributed by atoms with Crippen LogP contribution >= 0.6 is 0 Å². The fourth-order valence-electron chi connectivity index (χ4n) is 1.73. The molecular weight excluding hydrogens is 248 g/mol. The van der Waals surface area contributed by atoms with Crippen LogP contribution in [0.4, 0.5) is 5.69 Å². The van der Waals surface area contributed by atoms with Crippen molar-refractivity contribution in [2.24, 2.45) is 0 Å². The van der Waals surface area contributed by atoms with E-state index in [1.54, 1.807) is 12.1 Å². The third kappa shape index (κ3) is 4.18. The summed E-state index contributed by atoms with van der Waals surface area (Å²) in [5.74, 6) is 0.272. The van der Waals surface area contributed by atoms with Crippen molar-refractivity contribution in [2.45, 2.75) is 31.8 Å². The first-order valence-electron chi connectivity index (χ1n) is 6.45. The molecule has 0 aromatic heterocycles. The second kappa shape index (κ2) is 6.49. The molecule has 0 radical (unpaired) electrons. The first-order chi connectivity index (χ1) is 9.20. The number of benzene rings is 1. The highest BCUT2D eigenvalue weighted by atomic mass is 16.6. The van der Waals surface area contributed by atoms with Gasteiger partial charge in [-0.3, -0.25) is 10.1 Å². The van der Waals surface area contributed by atoms with E-state index in [0.29, 0.717) is 19.0 Å². The van der Waals surface area contributed by atoms with Gasteiger partial charge in [0.05, 0.1) is 11.5 Å². The molecule has 104 valence electrons. The van der Waals surface area contributed by atoms with E-state index in [0.717, 1.165) is 5.56 Å². The predicted molar refractivity (Wildman–Crippen MR) is 70.2 cm³/mol. The summed E-state index contributed by atoms with van der Waals surface area (Å²) < 4.78 is 5.37. The van der Waals surface area contributed by atoms with Crippen molar-refractivity contribution < 1.29 is 14.8 Å². The number of nitro groups is 1. The highest BCUT2D eigenvalue weighted by Gasteiger charge is 2.21. The number of hydrogen-bond donors (Lipinski definition) is 2. The predicted octanol–water partition coefficient (Wildman–Crippen LogP) is 1.61. The molecule has 1 aromatic rings. The van der Waals surface area contributed by atoms with Crippen LogP contribution in [0.3, 0.4) is 0 Å². The Balaban J connectivity index is 2.04. The summed E-state index contributed by atoms with van der Waals surface area (Å²) in [6.45, 7) is 0.979. The summed E-state index contributed by atoms with van der Waals surface area (Å²) >= 11 is 0. The van der Waals surface area contributed by atoms with Gasteiger partial charge in [0.25, 0.3) is 0 Å². The van der Waals surface area contributed by atoms with Crippen molar-refractivity contribution in [3.8, 4) is 5.75 Å². The number of nitrogens with one attached hydrogen (secondary N) is 1. The van der Waals surface area contributed by atoms with Crippen LogP contribution < -0.4 is 10.1 Å². The molecule has 0 spiro atoms. The highest BCUT2D eigenvalue weighted by Crippen LogP contribution is 2.28. The number of rotatable bonds is 8. The Labute approximate surface area is 111 Å². The topological polar surface area (TPSA) is 84.6 Å². The number of hydrogen-bond acceptors (Lipinski definition) is 5. The maximum absolute atomic E-state index is 10.9. The normalized spacial score (nSPS) is 14.4. The maximum atomic E-state index is 10.9. The van der Waals surface area contributed by atoms with Crippen LogP contribution in [0.25, 0.3) is 0 Å². The van der Waals surface area contributed by atoms with Crippen molar-refractivity contribution in [3.05, 3.63) is 33.9 Å². The van der Waals surface area contributed by atoms with E-state index in [1.165, 1.54) is 18.9 Å². The fourth-order valence-corrected chi connectivity index (χ4v) is 1.73. The molecule has 19 heavy (non-hydrogen) atoms. The second-order valence-corrected chi connectivity index (χ2v) is 4.64. The fraction of sp³-hybridized carbons (Fsp3) is 0.538. The zero-order valence-electron chi connectivity index (χ0n) is 10.7. The van der Waals surface area contributed by atoms with Gasteiger partial charge >= 0.3 is 5.69 Å². The molecule has 1 aromatic carbocycles. The molecule has 1 aliphatic carbocycles. The zero-order chi connectivity index (χ0) is 13.7. The molecule has 2 rings (SSSR count). The summed E-state index contributed by atoms with van der Waals surface area (Å²) in [6.07, 6.45) is 2.86. The van der Waals surface area contributed by atoms with Gasteiger partial charge in [-0.1, -0.05) is 6.07 Å². The molecule has 6 heteroatoms. The Morgan fingerprint density at radius 1 is 1.47 bits per heavy atom. The molecule has 0 aliphatic heterocycles. The van der Waals surface area contributed by atoms with Gasteiger partial charge in [-0.15, -0.1) is 0 Å². The Kier molecular flexibility index (Phi) is 4.70. The summed E-state index contributed by atoms with van der Waals surface area (Å²) in [7, 11) is 0. The summed E-state index contributed by atoms with van der Waals surface area (Å²) in [5, 5.41) is 23.0. The van der Waals surface area contributed by atoms with Crippen LogP contribution in [-0.4, -0.2) is 29.3 Å². The second-order valence-electron chi connectivity index (χ2n) is 4.64. The monoisotopic (exact) mass is 266 g/mol. The van der Waals surface area contributed by atoms with Gasteiger partial charge in [-0.2, -0.15) is 0 Å². The standard InChI is InChI=1S/C13H18N2O4/c16-6-1-7-19-13-8-10(9-14-11-3-4-11)2-5-12(13)15(17)18/h2,5,8,11,14,16H,1,3-4,6-7,9H2. The van der Waals surface area contributed by atoms with Gasteiger partial charge in [0, 0.05) is 31.7 Å². The van der Waals surface area contributed by atoms with Crippen molar-refractivity contribution >= 4 is 5.69 Å². The number of ether oxygens (including phenoxy) is 1. The maximum Gasteiger partial charge on any atom is 0.310 e. The van der Waals surface area contributed by atoms with E-state index in [9.17, 15) is 10.1 Å². The molecule has 1 saturated carbocycles. The van der Waals surface area contributed by atoms with Crippen LogP contribution in [0.15, 0.2) is 18.2 Å². The van der Waals surface area contributed by atoms with Crippen LogP contribution in [0.1, 0.15) is 24.8 Å². The number of aliphatic hydroxyl groups is 1. The van der Waals surface area contributed by atoms with Crippen LogP contribution in [0.2, 0.25) is 0 Å². The number of nitrogens with zero attached hydrogens (tertiary/aromatic N) is 1. The smallest absolute Gasteiger partial charge is 0.310 e. The van der Waals surface area contributed by atoms with Crippen LogP contribution in [0.5, 0.6) is 5.75 Å². The minimum Gasteiger partial charge on any atom is -0.487 e. The first-order valence-corrected chi connectivity index (χ1v) is 6.45. The molecule has 0 atom stereocenters. The quantitative estimate of drug-likeness (QED) is 0.424. The zero-order valence-corrected chi connectivity index (χ0v) is 10.7. The molecule has 0 unspecified atom stereocenters. The van der Waals surface area contributed by atoms with Gasteiger partial charge in [-0.05, 0) is 24.5 Å². The van der Waals surface area contributed by atoms with E-state index >= 15 is 0 Å². The molecule has 6 nitrogen and oxygen atoms in total. The molecule has 0 bridgehead atoms. The largest absolute Gasteiger partial charge is 0.487 e. The van der Waals surface area contributed by atoms with E-state index in [2.05, 4.69) is 5.32 Å². The summed E-state index contributed by atoms with van der Waals surface area (Å²) in [6, 6.07) is 5.50. The van der Waals surface area contributed by atoms with E-state index < -0.39 is 4.92 Å². The molecule has 0 saturated heterocycles. The molecule has 1 aliphatic rings. The Morgan fingerprint density at radius 2 is 2.26 bits per heavy atom. The summed E-state index contributed by atoms with van der Waals surface area (Å²) in [5.41, 5.74) is 0.935. The Hall–Kier alpha value is -1.66. The third-order valence-corrected chi connectivity index (χ3v) is 2.95. The lowest BCUT2D eigenvalue weighted by molar-refractivity contribution is -0.385. The molecule has 0 amide bonds. The minimum atomic E-state index is -0.452.